The Morgan fingerprint density at radius 2 is 1.89 bits per heavy atom. The molecule has 1 heterocycles. The van der Waals surface area contributed by atoms with E-state index >= 15 is 0 Å². The molecule has 0 aromatic carbocycles. The molecule has 0 bridgehead atoms. The van der Waals surface area contributed by atoms with Gasteiger partial charge < -0.3 is 10.2 Å². The van der Waals surface area contributed by atoms with E-state index < -0.39 is 0 Å². The van der Waals surface area contributed by atoms with Crippen molar-refractivity contribution in [1.82, 2.24) is 10.2 Å². The van der Waals surface area contributed by atoms with Gasteiger partial charge in [-0.15, -0.1) is 0 Å². The fourth-order valence-electron chi connectivity index (χ4n) is 4.12. The van der Waals surface area contributed by atoms with Crippen molar-refractivity contribution >= 4 is 0 Å². The second kappa shape index (κ2) is 6.38. The van der Waals surface area contributed by atoms with Gasteiger partial charge in [0.2, 0.25) is 0 Å². The van der Waals surface area contributed by atoms with Crippen LogP contribution in [-0.4, -0.2) is 37.6 Å². The van der Waals surface area contributed by atoms with Crippen LogP contribution in [0.15, 0.2) is 0 Å². The van der Waals surface area contributed by atoms with Gasteiger partial charge in [0.25, 0.3) is 0 Å². The second-order valence-electron chi connectivity index (χ2n) is 6.63. The van der Waals surface area contributed by atoms with Gasteiger partial charge in [0, 0.05) is 19.1 Å². The molecule has 1 saturated heterocycles. The summed E-state index contributed by atoms with van der Waals surface area (Å²) in [5, 5.41) is 3.59. The Kier molecular flexibility index (Phi) is 5.08. The molecule has 0 aromatic rings. The summed E-state index contributed by atoms with van der Waals surface area (Å²) < 4.78 is 0. The second-order valence-corrected chi connectivity index (χ2v) is 6.63. The van der Waals surface area contributed by atoms with Crippen molar-refractivity contribution in [2.45, 2.75) is 64.8 Å². The van der Waals surface area contributed by atoms with Crippen molar-refractivity contribution in [3.63, 3.8) is 0 Å². The summed E-state index contributed by atoms with van der Waals surface area (Å²) >= 11 is 0. The summed E-state index contributed by atoms with van der Waals surface area (Å²) in [6.07, 6.45) is 9.94. The lowest BCUT2D eigenvalue weighted by Crippen LogP contribution is -2.43. The first kappa shape index (κ1) is 14.3. The van der Waals surface area contributed by atoms with Crippen molar-refractivity contribution in [2.24, 2.45) is 11.3 Å². The molecular formula is C16H32N2. The molecule has 2 heteroatoms. The van der Waals surface area contributed by atoms with Crippen LogP contribution in [0, 0.1) is 11.3 Å². The molecule has 0 aromatic heterocycles. The molecule has 2 nitrogen and oxygen atoms in total. The summed E-state index contributed by atoms with van der Waals surface area (Å²) in [5.41, 5.74) is 0.633. The van der Waals surface area contributed by atoms with E-state index in [4.69, 9.17) is 0 Å². The third kappa shape index (κ3) is 3.08. The molecule has 0 radical (unpaired) electrons. The Morgan fingerprint density at radius 3 is 2.39 bits per heavy atom. The predicted octanol–water partition coefficient (Wildman–Crippen LogP) is 3.28. The third-order valence-corrected chi connectivity index (χ3v) is 5.81. The fraction of sp³-hybridized carbons (Fsp3) is 1.00. The maximum Gasteiger partial charge on any atom is 0.0220 e. The lowest BCUT2D eigenvalue weighted by molar-refractivity contribution is 0.207. The van der Waals surface area contributed by atoms with Crippen LogP contribution in [0.5, 0.6) is 0 Å². The zero-order chi connectivity index (χ0) is 13.0. The Morgan fingerprint density at radius 1 is 1.22 bits per heavy atom. The molecule has 1 aliphatic heterocycles. The van der Waals surface area contributed by atoms with Crippen LogP contribution in [0.2, 0.25) is 0 Å². The maximum atomic E-state index is 3.59. The highest BCUT2D eigenvalue weighted by molar-refractivity contribution is 4.91. The number of rotatable bonds is 6. The van der Waals surface area contributed by atoms with Crippen LogP contribution < -0.4 is 5.32 Å². The standard InChI is InChI=1S/C16H32N2/c1-4-16(5-2)10-11-18(13-16)12-15(17-3)14-8-6-7-9-14/h14-15,17H,4-13H2,1-3H3. The largest absolute Gasteiger partial charge is 0.315 e. The highest BCUT2D eigenvalue weighted by Gasteiger charge is 2.36. The van der Waals surface area contributed by atoms with Gasteiger partial charge in [-0.1, -0.05) is 26.7 Å². The van der Waals surface area contributed by atoms with Crippen molar-refractivity contribution in [2.75, 3.05) is 26.7 Å². The zero-order valence-electron chi connectivity index (χ0n) is 12.7. The van der Waals surface area contributed by atoms with Crippen LogP contribution >= 0.6 is 0 Å². The SMILES string of the molecule is CCC1(CC)CCN(CC(NC)C2CCCC2)C1. The van der Waals surface area contributed by atoms with Crippen LogP contribution in [0.4, 0.5) is 0 Å². The van der Waals surface area contributed by atoms with Crippen LogP contribution in [0.1, 0.15) is 58.8 Å². The van der Waals surface area contributed by atoms with Crippen molar-refractivity contribution < 1.29 is 0 Å². The normalized spacial score (nSPS) is 26.8. The van der Waals surface area contributed by atoms with E-state index in [0.29, 0.717) is 5.41 Å². The van der Waals surface area contributed by atoms with Crippen molar-refractivity contribution in [3.8, 4) is 0 Å². The van der Waals surface area contributed by atoms with E-state index in [-0.39, 0.29) is 0 Å². The summed E-state index contributed by atoms with van der Waals surface area (Å²) in [6.45, 7) is 8.69. The predicted molar refractivity (Wildman–Crippen MR) is 78.9 cm³/mol. The van der Waals surface area contributed by atoms with E-state index in [0.717, 1.165) is 12.0 Å². The molecule has 0 spiro atoms. The smallest absolute Gasteiger partial charge is 0.0220 e. The van der Waals surface area contributed by atoms with E-state index in [2.05, 4.69) is 31.1 Å². The van der Waals surface area contributed by atoms with Gasteiger partial charge in [-0.3, -0.25) is 0 Å². The molecule has 2 aliphatic rings. The number of hydrogen-bond acceptors (Lipinski definition) is 2. The molecule has 106 valence electrons. The topological polar surface area (TPSA) is 15.3 Å². The minimum Gasteiger partial charge on any atom is -0.315 e. The molecular weight excluding hydrogens is 220 g/mol. The van der Waals surface area contributed by atoms with Gasteiger partial charge >= 0.3 is 0 Å². The summed E-state index contributed by atoms with van der Waals surface area (Å²) in [6, 6.07) is 0.733. The van der Waals surface area contributed by atoms with E-state index in [1.54, 1.807) is 0 Å². The molecule has 0 amide bonds. The van der Waals surface area contributed by atoms with Crippen LogP contribution in [-0.2, 0) is 0 Å². The van der Waals surface area contributed by atoms with Crippen LogP contribution in [0.3, 0.4) is 0 Å². The molecule has 1 N–H and O–H groups in total. The number of likely N-dealkylation sites (N-methyl/N-ethyl adjacent to an activating group) is 1. The summed E-state index contributed by atoms with van der Waals surface area (Å²) in [4.78, 5) is 2.73. The van der Waals surface area contributed by atoms with E-state index in [1.165, 1.54) is 64.6 Å². The Balaban J connectivity index is 1.85. The molecule has 1 unspecified atom stereocenters. The van der Waals surface area contributed by atoms with E-state index in [9.17, 15) is 0 Å². The first-order valence-corrected chi connectivity index (χ1v) is 8.12. The Bertz CT molecular complexity index is 241. The van der Waals surface area contributed by atoms with Crippen molar-refractivity contribution in [3.05, 3.63) is 0 Å². The average molecular weight is 252 g/mol. The number of nitrogens with one attached hydrogen (secondary N) is 1. The molecule has 1 saturated carbocycles. The van der Waals surface area contributed by atoms with Gasteiger partial charge in [-0.25, -0.2) is 0 Å². The minimum absolute atomic E-state index is 0.633. The summed E-state index contributed by atoms with van der Waals surface area (Å²) in [5.74, 6) is 0.938. The fourth-order valence-corrected chi connectivity index (χ4v) is 4.12. The van der Waals surface area contributed by atoms with Gasteiger partial charge in [0.05, 0.1) is 0 Å². The van der Waals surface area contributed by atoms with E-state index in [1.807, 2.05) is 0 Å². The number of likely N-dealkylation sites (tertiary alicyclic amines) is 1. The molecule has 1 aliphatic carbocycles. The first-order valence-electron chi connectivity index (χ1n) is 8.12. The van der Waals surface area contributed by atoms with Gasteiger partial charge in [-0.2, -0.15) is 0 Å². The molecule has 1 atom stereocenters. The Hall–Kier alpha value is -0.0800. The average Bonchev–Trinajstić information content (AvgIpc) is 3.06. The molecule has 18 heavy (non-hydrogen) atoms. The number of hydrogen-bond donors (Lipinski definition) is 1. The van der Waals surface area contributed by atoms with Gasteiger partial charge in [0.15, 0.2) is 0 Å². The molecule has 2 rings (SSSR count). The monoisotopic (exact) mass is 252 g/mol. The number of nitrogens with zero attached hydrogens (tertiary/aromatic N) is 1. The van der Waals surface area contributed by atoms with Crippen molar-refractivity contribution in [1.29, 1.82) is 0 Å². The highest BCUT2D eigenvalue weighted by Crippen LogP contribution is 2.37. The lowest BCUT2D eigenvalue weighted by Gasteiger charge is -2.30. The third-order valence-electron chi connectivity index (χ3n) is 5.81. The lowest BCUT2D eigenvalue weighted by atomic mass is 9.82. The molecule has 2 fully saturated rings. The highest BCUT2D eigenvalue weighted by atomic mass is 15.2. The quantitative estimate of drug-likeness (QED) is 0.780. The Labute approximate surface area is 114 Å². The van der Waals surface area contributed by atoms with Crippen LogP contribution in [0.25, 0.3) is 0 Å². The zero-order valence-corrected chi connectivity index (χ0v) is 12.7. The van der Waals surface area contributed by atoms with Gasteiger partial charge in [0.1, 0.15) is 0 Å². The van der Waals surface area contributed by atoms with Gasteiger partial charge in [-0.05, 0) is 57.0 Å². The maximum absolute atomic E-state index is 3.59. The first-order chi connectivity index (χ1) is 8.73. The minimum atomic E-state index is 0.633. The summed E-state index contributed by atoms with van der Waals surface area (Å²) in [7, 11) is 2.16.